The van der Waals surface area contributed by atoms with Gasteiger partial charge in [0.1, 0.15) is 6.54 Å². The van der Waals surface area contributed by atoms with E-state index in [1.165, 1.54) is 9.80 Å². The fourth-order valence-corrected chi connectivity index (χ4v) is 1.81. The molecule has 3 N–H and O–H groups in total. The molecule has 0 aromatic rings. The van der Waals surface area contributed by atoms with Crippen LogP contribution in [0, 0.1) is 0 Å². The molecule has 1 heterocycles. The molecule has 116 valence electrons. The molecule has 1 fully saturated rings. The molecule has 0 bridgehead atoms. The Labute approximate surface area is 125 Å². The summed E-state index contributed by atoms with van der Waals surface area (Å²) in [4.78, 5) is 38.0. The zero-order valence-electron chi connectivity index (χ0n) is 12.1. The topological polar surface area (TPSA) is 95.7 Å². The van der Waals surface area contributed by atoms with Crippen molar-refractivity contribution in [2.24, 2.45) is 5.73 Å². The summed E-state index contributed by atoms with van der Waals surface area (Å²) in [6, 6.07) is 0. The van der Waals surface area contributed by atoms with E-state index in [2.05, 4.69) is 5.32 Å². The normalized spacial score (nSPS) is 16.0. The number of likely N-dealkylation sites (N-methyl/N-ethyl adjacent to an activating group) is 1. The molecule has 0 aromatic heterocycles. The van der Waals surface area contributed by atoms with E-state index >= 15 is 0 Å². The van der Waals surface area contributed by atoms with Crippen LogP contribution in [0.15, 0.2) is 0 Å². The molecule has 0 spiro atoms. The minimum atomic E-state index is -0.617. The highest BCUT2D eigenvalue weighted by Gasteiger charge is 2.33. The Morgan fingerprint density at radius 2 is 1.75 bits per heavy atom. The first-order chi connectivity index (χ1) is 8.80. The SMILES string of the molecule is CCN1CCN(CC(=O)NC(C)(C)CN)C(=O)C1=O.Cl. The summed E-state index contributed by atoms with van der Waals surface area (Å²) in [7, 11) is 0. The van der Waals surface area contributed by atoms with E-state index in [1.54, 1.807) is 13.8 Å². The Kier molecular flexibility index (Phi) is 6.95. The summed E-state index contributed by atoms with van der Waals surface area (Å²) in [5, 5.41) is 2.73. The number of carbonyl (C=O) groups is 3. The maximum absolute atomic E-state index is 11.8. The highest BCUT2D eigenvalue weighted by Crippen LogP contribution is 2.05. The Morgan fingerprint density at radius 1 is 1.25 bits per heavy atom. The first kappa shape index (κ1) is 18.7. The lowest BCUT2D eigenvalue weighted by atomic mass is 10.1. The Balaban J connectivity index is 0.00000361. The van der Waals surface area contributed by atoms with Gasteiger partial charge in [-0.25, -0.2) is 0 Å². The maximum Gasteiger partial charge on any atom is 0.312 e. The van der Waals surface area contributed by atoms with Gasteiger partial charge in [0.15, 0.2) is 0 Å². The number of rotatable bonds is 5. The molecule has 0 radical (unpaired) electrons. The van der Waals surface area contributed by atoms with Crippen LogP contribution in [0.1, 0.15) is 20.8 Å². The van der Waals surface area contributed by atoms with Gasteiger partial charge in [-0.15, -0.1) is 12.4 Å². The standard InChI is InChI=1S/C12H22N4O3.ClH/c1-4-15-5-6-16(11(19)10(15)18)7-9(17)14-12(2,3)8-13;/h4-8,13H2,1-3H3,(H,14,17);1H. The van der Waals surface area contributed by atoms with Crippen LogP contribution in [0.5, 0.6) is 0 Å². The predicted octanol–water partition coefficient (Wildman–Crippen LogP) is -1.05. The summed E-state index contributed by atoms with van der Waals surface area (Å²) >= 11 is 0. The molecule has 0 aliphatic carbocycles. The number of halogens is 1. The fourth-order valence-electron chi connectivity index (χ4n) is 1.81. The van der Waals surface area contributed by atoms with E-state index in [0.29, 0.717) is 26.2 Å². The first-order valence-corrected chi connectivity index (χ1v) is 6.40. The van der Waals surface area contributed by atoms with Crippen molar-refractivity contribution < 1.29 is 14.4 Å². The van der Waals surface area contributed by atoms with Gasteiger partial charge in [0, 0.05) is 31.7 Å². The molecule has 3 amide bonds. The molecule has 1 aliphatic rings. The molecule has 20 heavy (non-hydrogen) atoms. The van der Waals surface area contributed by atoms with Gasteiger partial charge in [-0.2, -0.15) is 0 Å². The number of nitrogens with two attached hydrogens (primary N) is 1. The lowest BCUT2D eigenvalue weighted by Gasteiger charge is -2.33. The van der Waals surface area contributed by atoms with Crippen molar-refractivity contribution >= 4 is 30.1 Å². The number of piperazine rings is 1. The van der Waals surface area contributed by atoms with Crippen LogP contribution in [0.2, 0.25) is 0 Å². The number of hydrogen-bond donors (Lipinski definition) is 2. The van der Waals surface area contributed by atoms with Gasteiger partial charge in [0.2, 0.25) is 5.91 Å². The number of nitrogens with zero attached hydrogens (tertiary/aromatic N) is 2. The number of carbonyl (C=O) groups excluding carboxylic acids is 3. The quantitative estimate of drug-likeness (QED) is 0.634. The van der Waals surface area contributed by atoms with Gasteiger partial charge in [0.25, 0.3) is 0 Å². The Bertz CT molecular complexity index is 387. The van der Waals surface area contributed by atoms with Crippen LogP contribution >= 0.6 is 12.4 Å². The first-order valence-electron chi connectivity index (χ1n) is 6.40. The molecule has 1 rings (SSSR count). The summed E-state index contributed by atoms with van der Waals surface area (Å²) in [6.07, 6.45) is 0. The van der Waals surface area contributed by atoms with Crippen molar-refractivity contribution in [1.29, 1.82) is 0 Å². The van der Waals surface area contributed by atoms with E-state index in [0.717, 1.165) is 0 Å². The van der Waals surface area contributed by atoms with Crippen LogP contribution < -0.4 is 11.1 Å². The molecule has 0 unspecified atom stereocenters. The zero-order valence-corrected chi connectivity index (χ0v) is 13.0. The highest BCUT2D eigenvalue weighted by atomic mass is 35.5. The minimum absolute atomic E-state index is 0. The van der Waals surface area contributed by atoms with E-state index < -0.39 is 17.4 Å². The van der Waals surface area contributed by atoms with Crippen LogP contribution in [0.4, 0.5) is 0 Å². The second-order valence-corrected chi connectivity index (χ2v) is 5.25. The molecule has 7 nitrogen and oxygen atoms in total. The van der Waals surface area contributed by atoms with E-state index in [9.17, 15) is 14.4 Å². The van der Waals surface area contributed by atoms with Gasteiger partial charge >= 0.3 is 11.8 Å². The van der Waals surface area contributed by atoms with Gasteiger partial charge in [-0.3, -0.25) is 14.4 Å². The van der Waals surface area contributed by atoms with Crippen LogP contribution in [0.25, 0.3) is 0 Å². The average Bonchev–Trinajstić information content (AvgIpc) is 2.35. The summed E-state index contributed by atoms with van der Waals surface area (Å²) in [5.74, 6) is -1.46. The second kappa shape index (κ2) is 7.44. The number of hydrogen-bond acceptors (Lipinski definition) is 4. The largest absolute Gasteiger partial charge is 0.348 e. The fraction of sp³-hybridized carbons (Fsp3) is 0.750. The third-order valence-corrected chi connectivity index (χ3v) is 3.10. The summed E-state index contributed by atoms with van der Waals surface area (Å²) < 4.78 is 0. The summed E-state index contributed by atoms with van der Waals surface area (Å²) in [6.45, 7) is 6.96. The van der Waals surface area contributed by atoms with Gasteiger partial charge in [-0.1, -0.05) is 0 Å². The van der Waals surface area contributed by atoms with Gasteiger partial charge in [0.05, 0.1) is 0 Å². The minimum Gasteiger partial charge on any atom is -0.348 e. The van der Waals surface area contributed by atoms with Crippen molar-refractivity contribution in [1.82, 2.24) is 15.1 Å². The van der Waals surface area contributed by atoms with Crippen LogP contribution in [0.3, 0.4) is 0 Å². The monoisotopic (exact) mass is 306 g/mol. The predicted molar refractivity (Wildman–Crippen MR) is 77.4 cm³/mol. The van der Waals surface area contributed by atoms with E-state index in [1.807, 2.05) is 6.92 Å². The molecular formula is C12H23ClN4O3. The Morgan fingerprint density at radius 3 is 2.25 bits per heavy atom. The third kappa shape index (κ3) is 4.64. The molecular weight excluding hydrogens is 284 g/mol. The third-order valence-electron chi connectivity index (χ3n) is 3.10. The van der Waals surface area contributed by atoms with Crippen LogP contribution in [-0.2, 0) is 14.4 Å². The lowest BCUT2D eigenvalue weighted by Crippen LogP contribution is -2.58. The molecule has 1 aliphatic heterocycles. The zero-order chi connectivity index (χ0) is 14.6. The smallest absolute Gasteiger partial charge is 0.312 e. The van der Waals surface area contributed by atoms with E-state index in [-0.39, 0.29) is 24.9 Å². The van der Waals surface area contributed by atoms with E-state index in [4.69, 9.17) is 5.73 Å². The lowest BCUT2D eigenvalue weighted by molar-refractivity contribution is -0.156. The van der Waals surface area contributed by atoms with Crippen LogP contribution in [-0.4, -0.2) is 65.8 Å². The molecule has 0 saturated carbocycles. The van der Waals surface area contributed by atoms with Crippen molar-refractivity contribution in [3.8, 4) is 0 Å². The second-order valence-electron chi connectivity index (χ2n) is 5.25. The molecule has 1 saturated heterocycles. The average molecular weight is 307 g/mol. The van der Waals surface area contributed by atoms with Gasteiger partial charge in [-0.05, 0) is 20.8 Å². The maximum atomic E-state index is 11.8. The number of nitrogens with one attached hydrogen (secondary N) is 1. The molecule has 0 atom stereocenters. The van der Waals surface area contributed by atoms with Crippen molar-refractivity contribution in [2.75, 3.05) is 32.7 Å². The van der Waals surface area contributed by atoms with Crippen molar-refractivity contribution in [2.45, 2.75) is 26.3 Å². The number of amides is 3. The highest BCUT2D eigenvalue weighted by molar-refractivity contribution is 6.35. The molecule has 0 aromatic carbocycles. The Hall–Kier alpha value is -1.34. The van der Waals surface area contributed by atoms with Crippen molar-refractivity contribution in [3.63, 3.8) is 0 Å². The van der Waals surface area contributed by atoms with Gasteiger partial charge < -0.3 is 20.9 Å². The molecule has 8 heteroatoms. The van der Waals surface area contributed by atoms with Crippen molar-refractivity contribution in [3.05, 3.63) is 0 Å². The summed E-state index contributed by atoms with van der Waals surface area (Å²) in [5.41, 5.74) is 5.00.